The van der Waals surface area contributed by atoms with Crippen LogP contribution in [0.2, 0.25) is 0 Å². The number of allylic oxidation sites excluding steroid dienone is 4. The molecule has 0 aromatic heterocycles. The lowest BCUT2D eigenvalue weighted by atomic mass is 10.4. The standard InChI is InChI=1S/C8H10O4.C6H6O4/c1-11-7(9)5-3-4-6-8(10)12-2;7-5(8)3-1-2-4-6(9)10/h3-6H,1-2H3;1-4H,(H,7,8)(H,9,10)/b;3-1-,4-2-. The molecule has 120 valence electrons. The van der Waals surface area contributed by atoms with Gasteiger partial charge in [-0.05, 0) is 0 Å². The minimum absolute atomic E-state index is 0.468. The van der Waals surface area contributed by atoms with Crippen molar-refractivity contribution in [3.63, 3.8) is 0 Å². The van der Waals surface area contributed by atoms with E-state index in [2.05, 4.69) is 9.47 Å². The van der Waals surface area contributed by atoms with Gasteiger partial charge in [0.05, 0.1) is 14.2 Å². The lowest BCUT2D eigenvalue weighted by molar-refractivity contribution is -0.135. The fraction of sp³-hybridized carbons (Fsp3) is 0.143. The zero-order chi connectivity index (χ0) is 17.4. The fourth-order valence-electron chi connectivity index (χ4n) is 0.680. The van der Waals surface area contributed by atoms with Crippen LogP contribution in [0.25, 0.3) is 0 Å². The van der Waals surface area contributed by atoms with Crippen molar-refractivity contribution in [1.29, 1.82) is 0 Å². The van der Waals surface area contributed by atoms with Gasteiger partial charge in [-0.25, -0.2) is 19.2 Å². The summed E-state index contributed by atoms with van der Waals surface area (Å²) in [7, 11) is 2.55. The van der Waals surface area contributed by atoms with Gasteiger partial charge in [-0.2, -0.15) is 0 Å². The number of methoxy groups -OCH3 is 2. The third-order valence-corrected chi connectivity index (χ3v) is 1.57. The molecule has 0 rings (SSSR count). The molecule has 0 saturated carbocycles. The molecule has 0 aliphatic heterocycles. The summed E-state index contributed by atoms with van der Waals surface area (Å²) in [4.78, 5) is 40.5. The third-order valence-electron chi connectivity index (χ3n) is 1.57. The molecule has 0 aliphatic rings. The molecule has 0 spiro atoms. The molecule has 0 unspecified atom stereocenters. The maximum absolute atomic E-state index is 10.5. The van der Waals surface area contributed by atoms with Gasteiger partial charge in [0.2, 0.25) is 0 Å². The van der Waals surface area contributed by atoms with E-state index in [0.717, 1.165) is 24.3 Å². The number of ether oxygens (including phenoxy) is 2. The monoisotopic (exact) mass is 312 g/mol. The number of hydrogen-bond acceptors (Lipinski definition) is 6. The van der Waals surface area contributed by atoms with Crippen LogP contribution in [0.15, 0.2) is 48.6 Å². The van der Waals surface area contributed by atoms with Crippen molar-refractivity contribution in [3.8, 4) is 0 Å². The first-order chi connectivity index (χ1) is 10.3. The number of esters is 2. The number of aliphatic carboxylic acids is 2. The van der Waals surface area contributed by atoms with E-state index in [-0.39, 0.29) is 0 Å². The Balaban J connectivity index is 0. The van der Waals surface area contributed by atoms with Crippen LogP contribution in [0.5, 0.6) is 0 Å². The molecule has 0 heterocycles. The molecule has 0 bridgehead atoms. The minimum atomic E-state index is -1.10. The van der Waals surface area contributed by atoms with Crippen LogP contribution in [0, 0.1) is 0 Å². The Labute approximate surface area is 126 Å². The normalized spacial score (nSPS) is 10.6. The maximum Gasteiger partial charge on any atom is 0.330 e. The molecule has 0 aromatic carbocycles. The number of carboxylic acids is 2. The Morgan fingerprint density at radius 3 is 1.14 bits per heavy atom. The Bertz CT molecular complexity index is 451. The molecule has 0 atom stereocenters. The quantitative estimate of drug-likeness (QED) is 0.417. The molecule has 0 radical (unpaired) electrons. The van der Waals surface area contributed by atoms with Crippen molar-refractivity contribution < 1.29 is 38.9 Å². The molecular formula is C14H16O8. The molecular weight excluding hydrogens is 296 g/mol. The second-order valence-corrected chi connectivity index (χ2v) is 3.16. The largest absolute Gasteiger partial charge is 0.478 e. The minimum Gasteiger partial charge on any atom is -0.478 e. The first kappa shape index (κ1) is 21.1. The summed E-state index contributed by atoms with van der Waals surface area (Å²) in [5.74, 6) is -3.14. The van der Waals surface area contributed by atoms with Gasteiger partial charge in [-0.15, -0.1) is 0 Å². The highest BCUT2D eigenvalue weighted by molar-refractivity contribution is 5.84. The predicted octanol–water partition coefficient (Wildman–Crippen LogP) is 0.713. The summed E-state index contributed by atoms with van der Waals surface area (Å²) in [6, 6.07) is 0. The molecule has 0 aliphatic carbocycles. The SMILES string of the molecule is COC(=O)C=CC=CC(=O)OC.O=C(O)/C=C\C=C/C(=O)O. The van der Waals surface area contributed by atoms with Gasteiger partial charge in [0.15, 0.2) is 0 Å². The molecule has 8 nitrogen and oxygen atoms in total. The topological polar surface area (TPSA) is 127 Å². The summed E-state index contributed by atoms with van der Waals surface area (Å²) < 4.78 is 8.62. The van der Waals surface area contributed by atoms with Gasteiger partial charge in [0.25, 0.3) is 0 Å². The number of hydrogen-bond donors (Lipinski definition) is 2. The first-order valence-corrected chi connectivity index (χ1v) is 5.64. The van der Waals surface area contributed by atoms with Crippen LogP contribution in [0.4, 0.5) is 0 Å². The highest BCUT2D eigenvalue weighted by Crippen LogP contribution is 1.82. The van der Waals surface area contributed by atoms with Gasteiger partial charge in [0.1, 0.15) is 0 Å². The van der Waals surface area contributed by atoms with Crippen molar-refractivity contribution in [3.05, 3.63) is 48.6 Å². The van der Waals surface area contributed by atoms with Crippen molar-refractivity contribution in [2.75, 3.05) is 14.2 Å². The van der Waals surface area contributed by atoms with Crippen molar-refractivity contribution >= 4 is 23.9 Å². The molecule has 0 saturated heterocycles. The lowest BCUT2D eigenvalue weighted by Gasteiger charge is -1.87. The van der Waals surface area contributed by atoms with Gasteiger partial charge in [0, 0.05) is 24.3 Å². The Morgan fingerprint density at radius 1 is 0.636 bits per heavy atom. The van der Waals surface area contributed by atoms with E-state index in [1.165, 1.54) is 38.5 Å². The molecule has 0 aromatic rings. The van der Waals surface area contributed by atoms with Crippen LogP contribution in [0.1, 0.15) is 0 Å². The number of rotatable bonds is 6. The second-order valence-electron chi connectivity index (χ2n) is 3.16. The van der Waals surface area contributed by atoms with E-state index in [4.69, 9.17) is 10.2 Å². The van der Waals surface area contributed by atoms with E-state index < -0.39 is 23.9 Å². The summed E-state index contributed by atoms with van der Waals surface area (Å²) >= 11 is 0. The van der Waals surface area contributed by atoms with Crippen molar-refractivity contribution in [2.24, 2.45) is 0 Å². The van der Waals surface area contributed by atoms with E-state index >= 15 is 0 Å². The average Bonchev–Trinajstić information content (AvgIpc) is 2.47. The summed E-state index contributed by atoms with van der Waals surface area (Å²) in [6.45, 7) is 0. The first-order valence-electron chi connectivity index (χ1n) is 5.64. The third kappa shape index (κ3) is 19.2. The van der Waals surface area contributed by atoms with Crippen LogP contribution >= 0.6 is 0 Å². The van der Waals surface area contributed by atoms with Crippen LogP contribution < -0.4 is 0 Å². The van der Waals surface area contributed by atoms with E-state index in [9.17, 15) is 19.2 Å². The van der Waals surface area contributed by atoms with E-state index in [1.807, 2.05) is 0 Å². The fourth-order valence-corrected chi connectivity index (χ4v) is 0.680. The van der Waals surface area contributed by atoms with Gasteiger partial charge < -0.3 is 19.7 Å². The van der Waals surface area contributed by atoms with E-state index in [1.54, 1.807) is 0 Å². The van der Waals surface area contributed by atoms with Crippen molar-refractivity contribution in [1.82, 2.24) is 0 Å². The lowest BCUT2D eigenvalue weighted by Crippen LogP contribution is -1.94. The van der Waals surface area contributed by atoms with E-state index in [0.29, 0.717) is 0 Å². The van der Waals surface area contributed by atoms with Gasteiger partial charge in [-0.1, -0.05) is 24.3 Å². The predicted molar refractivity (Wildman–Crippen MR) is 75.9 cm³/mol. The highest BCUT2D eigenvalue weighted by Gasteiger charge is 1.89. The Morgan fingerprint density at radius 2 is 0.909 bits per heavy atom. The molecule has 0 fully saturated rings. The smallest absolute Gasteiger partial charge is 0.330 e. The van der Waals surface area contributed by atoms with Gasteiger partial charge in [-0.3, -0.25) is 0 Å². The molecule has 8 heteroatoms. The molecule has 0 amide bonds. The average molecular weight is 312 g/mol. The zero-order valence-electron chi connectivity index (χ0n) is 12.0. The number of carboxylic acid groups (broad SMARTS) is 2. The summed E-state index contributed by atoms with van der Waals surface area (Å²) in [5, 5.41) is 16.0. The van der Waals surface area contributed by atoms with Crippen LogP contribution in [-0.2, 0) is 28.7 Å². The summed E-state index contributed by atoms with van der Waals surface area (Å²) in [5.41, 5.74) is 0. The van der Waals surface area contributed by atoms with Crippen LogP contribution in [-0.4, -0.2) is 48.3 Å². The molecule has 22 heavy (non-hydrogen) atoms. The van der Waals surface area contributed by atoms with Crippen LogP contribution in [0.3, 0.4) is 0 Å². The molecule has 2 N–H and O–H groups in total. The second kappa shape index (κ2) is 14.3. The van der Waals surface area contributed by atoms with Crippen molar-refractivity contribution in [2.45, 2.75) is 0 Å². The Kier molecular flexibility index (Phi) is 13.7. The zero-order valence-corrected chi connectivity index (χ0v) is 12.0. The Hall–Kier alpha value is -3.16. The number of carbonyl (C=O) groups is 4. The highest BCUT2D eigenvalue weighted by atomic mass is 16.5. The number of carbonyl (C=O) groups excluding carboxylic acids is 2. The maximum atomic E-state index is 10.5. The summed E-state index contributed by atoms with van der Waals surface area (Å²) in [6.07, 6.45) is 9.14. The van der Waals surface area contributed by atoms with Gasteiger partial charge >= 0.3 is 23.9 Å².